The van der Waals surface area contributed by atoms with Crippen LogP contribution in [0.2, 0.25) is 0 Å². The summed E-state index contributed by atoms with van der Waals surface area (Å²) in [6.45, 7) is 5.17. The molecule has 0 saturated carbocycles. The van der Waals surface area contributed by atoms with Gasteiger partial charge in [0.25, 0.3) is 0 Å². The first-order chi connectivity index (χ1) is 8.22. The molecule has 2 aromatic rings. The Kier molecular flexibility index (Phi) is 3.97. The number of thiazole rings is 1. The third kappa shape index (κ3) is 2.96. The van der Waals surface area contributed by atoms with Crippen LogP contribution in [0.25, 0.3) is 0 Å². The van der Waals surface area contributed by atoms with E-state index in [2.05, 4.69) is 40.3 Å². The summed E-state index contributed by atoms with van der Waals surface area (Å²) in [7, 11) is 2.01. The van der Waals surface area contributed by atoms with E-state index in [9.17, 15) is 0 Å². The number of nitrogens with zero attached hydrogens (tertiary/aromatic N) is 2. The fourth-order valence-electron chi connectivity index (χ4n) is 2.03. The number of aryl methyl sites for hydroxylation is 1. The lowest BCUT2D eigenvalue weighted by Crippen LogP contribution is -2.14. The first kappa shape index (κ1) is 12.3. The Hall–Kier alpha value is -1.13. The quantitative estimate of drug-likeness (QED) is 0.883. The first-order valence-electron chi connectivity index (χ1n) is 5.97. The maximum atomic E-state index is 4.28. The summed E-state index contributed by atoms with van der Waals surface area (Å²) in [5.74, 6) is 0. The van der Waals surface area contributed by atoms with Gasteiger partial charge in [0.2, 0.25) is 0 Å². The molecule has 2 rings (SSSR count). The molecule has 2 aromatic heterocycles. The zero-order chi connectivity index (χ0) is 12.3. The van der Waals surface area contributed by atoms with Crippen molar-refractivity contribution in [1.29, 1.82) is 0 Å². The van der Waals surface area contributed by atoms with Crippen molar-refractivity contribution in [3.8, 4) is 0 Å². The van der Waals surface area contributed by atoms with Gasteiger partial charge in [-0.15, -0.1) is 11.3 Å². The normalized spacial score (nSPS) is 12.9. The largest absolute Gasteiger partial charge is 0.349 e. The molecular weight excluding hydrogens is 230 g/mol. The molecule has 1 atom stereocenters. The van der Waals surface area contributed by atoms with Gasteiger partial charge in [-0.2, -0.15) is 0 Å². The smallest absolute Gasteiger partial charge is 0.0897 e. The summed E-state index contributed by atoms with van der Waals surface area (Å²) < 4.78 is 2.22. The Morgan fingerprint density at radius 2 is 2.35 bits per heavy atom. The molecule has 0 bridgehead atoms. The highest BCUT2D eigenvalue weighted by Gasteiger charge is 2.08. The highest BCUT2D eigenvalue weighted by molar-refractivity contribution is 7.11. The van der Waals surface area contributed by atoms with Gasteiger partial charge in [0, 0.05) is 29.5 Å². The van der Waals surface area contributed by atoms with E-state index in [0.29, 0.717) is 6.04 Å². The molecule has 92 valence electrons. The Balaban J connectivity index is 2.08. The zero-order valence-electron chi connectivity index (χ0n) is 10.6. The molecule has 17 heavy (non-hydrogen) atoms. The van der Waals surface area contributed by atoms with E-state index in [-0.39, 0.29) is 0 Å². The van der Waals surface area contributed by atoms with Crippen molar-refractivity contribution in [1.82, 2.24) is 14.9 Å². The number of nitrogens with one attached hydrogen (secondary N) is 1. The number of aromatic nitrogens is 2. The average Bonchev–Trinajstić information content (AvgIpc) is 2.91. The van der Waals surface area contributed by atoms with Crippen LogP contribution < -0.4 is 5.32 Å². The van der Waals surface area contributed by atoms with Crippen molar-refractivity contribution < 1.29 is 0 Å². The zero-order valence-corrected chi connectivity index (χ0v) is 11.4. The highest BCUT2D eigenvalue weighted by atomic mass is 32.1. The van der Waals surface area contributed by atoms with Crippen molar-refractivity contribution in [2.24, 2.45) is 0 Å². The van der Waals surface area contributed by atoms with Crippen LogP contribution in [0.1, 0.15) is 34.8 Å². The molecule has 0 aliphatic carbocycles. The van der Waals surface area contributed by atoms with Crippen LogP contribution in [0.3, 0.4) is 0 Å². The minimum absolute atomic E-state index is 0.458. The molecule has 0 spiro atoms. The highest BCUT2D eigenvalue weighted by Crippen LogP contribution is 2.18. The molecule has 0 amide bonds. The fraction of sp³-hybridized carbons (Fsp3) is 0.462. The van der Waals surface area contributed by atoms with Crippen LogP contribution in [0, 0.1) is 6.92 Å². The van der Waals surface area contributed by atoms with E-state index < -0.39 is 0 Å². The van der Waals surface area contributed by atoms with E-state index >= 15 is 0 Å². The molecule has 0 aliphatic heterocycles. The van der Waals surface area contributed by atoms with E-state index in [1.54, 1.807) is 11.3 Å². The van der Waals surface area contributed by atoms with Gasteiger partial charge < -0.3 is 9.88 Å². The van der Waals surface area contributed by atoms with Gasteiger partial charge in [-0.05, 0) is 32.0 Å². The van der Waals surface area contributed by atoms with Gasteiger partial charge >= 0.3 is 0 Å². The predicted octanol–water partition coefficient (Wildman–Crippen LogP) is 2.97. The number of rotatable bonds is 5. The lowest BCUT2D eigenvalue weighted by atomic mass is 10.1. The van der Waals surface area contributed by atoms with Gasteiger partial charge in [0.05, 0.1) is 11.6 Å². The van der Waals surface area contributed by atoms with E-state index in [1.807, 2.05) is 20.2 Å². The maximum absolute atomic E-state index is 4.28. The van der Waals surface area contributed by atoms with Gasteiger partial charge in [0.15, 0.2) is 0 Å². The summed E-state index contributed by atoms with van der Waals surface area (Å²) in [5, 5.41) is 4.46. The van der Waals surface area contributed by atoms with E-state index in [0.717, 1.165) is 18.0 Å². The molecule has 0 fully saturated rings. The van der Waals surface area contributed by atoms with Crippen LogP contribution >= 0.6 is 11.3 Å². The summed E-state index contributed by atoms with van der Waals surface area (Å²) in [6, 6.07) is 2.65. The Labute approximate surface area is 107 Å². The van der Waals surface area contributed by atoms with E-state index in [1.165, 1.54) is 10.4 Å². The van der Waals surface area contributed by atoms with Crippen LogP contribution in [0.5, 0.6) is 0 Å². The van der Waals surface area contributed by atoms with E-state index in [4.69, 9.17) is 0 Å². The van der Waals surface area contributed by atoms with Crippen molar-refractivity contribution in [2.75, 3.05) is 7.05 Å². The van der Waals surface area contributed by atoms with Crippen LogP contribution in [0.15, 0.2) is 24.7 Å². The number of hydrogen-bond donors (Lipinski definition) is 1. The van der Waals surface area contributed by atoms with Crippen molar-refractivity contribution >= 4 is 11.3 Å². The molecule has 3 nitrogen and oxygen atoms in total. The molecule has 1 N–H and O–H groups in total. The second kappa shape index (κ2) is 5.47. The minimum Gasteiger partial charge on any atom is -0.349 e. The van der Waals surface area contributed by atoms with Gasteiger partial charge in [-0.25, -0.2) is 4.98 Å². The van der Waals surface area contributed by atoms with Gasteiger partial charge in [-0.1, -0.05) is 6.92 Å². The average molecular weight is 249 g/mol. The predicted molar refractivity (Wildman–Crippen MR) is 72.5 cm³/mol. The van der Waals surface area contributed by atoms with Crippen molar-refractivity contribution in [2.45, 2.75) is 32.9 Å². The fourth-order valence-corrected chi connectivity index (χ4v) is 2.83. The third-order valence-corrected chi connectivity index (χ3v) is 3.84. The monoisotopic (exact) mass is 249 g/mol. The summed E-state index contributed by atoms with van der Waals surface area (Å²) in [4.78, 5) is 5.59. The second-order valence-corrected chi connectivity index (χ2v) is 5.53. The van der Waals surface area contributed by atoms with Crippen LogP contribution in [-0.4, -0.2) is 16.6 Å². The Bertz CT molecular complexity index is 468. The van der Waals surface area contributed by atoms with Crippen molar-refractivity contribution in [3.63, 3.8) is 0 Å². The Morgan fingerprint density at radius 1 is 1.53 bits per heavy atom. The SMILES string of the molecule is CCC(NC)c1ccn(Cc2cnc(C)s2)c1. The molecule has 1 unspecified atom stereocenters. The summed E-state index contributed by atoms with van der Waals surface area (Å²) in [6.07, 6.45) is 7.44. The standard InChI is InChI=1S/C13H19N3S/c1-4-13(14-3)11-5-6-16(8-11)9-12-7-15-10(2)17-12/h5-8,13-14H,4,9H2,1-3H3. The summed E-state index contributed by atoms with van der Waals surface area (Å²) in [5.41, 5.74) is 1.36. The molecule has 0 radical (unpaired) electrons. The molecule has 2 heterocycles. The third-order valence-electron chi connectivity index (χ3n) is 2.94. The van der Waals surface area contributed by atoms with Crippen molar-refractivity contribution in [3.05, 3.63) is 40.1 Å². The second-order valence-electron chi connectivity index (χ2n) is 4.21. The summed E-state index contributed by atoms with van der Waals surface area (Å²) >= 11 is 1.76. The van der Waals surface area contributed by atoms with Gasteiger partial charge in [0.1, 0.15) is 0 Å². The lowest BCUT2D eigenvalue weighted by Gasteiger charge is -2.11. The first-order valence-corrected chi connectivity index (χ1v) is 6.78. The van der Waals surface area contributed by atoms with Crippen LogP contribution in [0.4, 0.5) is 0 Å². The van der Waals surface area contributed by atoms with Crippen LogP contribution in [-0.2, 0) is 6.54 Å². The molecule has 0 saturated heterocycles. The minimum atomic E-state index is 0.458. The lowest BCUT2D eigenvalue weighted by molar-refractivity contribution is 0.575. The maximum Gasteiger partial charge on any atom is 0.0897 e. The topological polar surface area (TPSA) is 29.9 Å². The molecule has 0 aliphatic rings. The number of hydrogen-bond acceptors (Lipinski definition) is 3. The molecule has 0 aromatic carbocycles. The Morgan fingerprint density at radius 3 is 2.94 bits per heavy atom. The molecule has 4 heteroatoms. The van der Waals surface area contributed by atoms with Gasteiger partial charge in [-0.3, -0.25) is 0 Å². The molecular formula is C13H19N3S.